The molecule has 0 heterocycles. The highest BCUT2D eigenvalue weighted by Gasteiger charge is 1.90. The van der Waals surface area contributed by atoms with E-state index in [0.29, 0.717) is 19.8 Å². The van der Waals surface area contributed by atoms with Crippen molar-refractivity contribution in [3.8, 4) is 9.85 Å². The molecule has 0 atom stereocenters. The molecule has 0 amide bonds. The molecule has 0 unspecified atom stereocenters. The lowest BCUT2D eigenvalue weighted by atomic mass is 10.7. The Bertz CT molecular complexity index is 168. The lowest BCUT2D eigenvalue weighted by Crippen LogP contribution is -2.07. The van der Waals surface area contributed by atoms with Crippen LogP contribution in [0.2, 0.25) is 0 Å². The fourth-order valence-electron chi connectivity index (χ4n) is 0.395. The zero-order valence-electron chi connectivity index (χ0n) is 6.22. The first-order valence-electron chi connectivity index (χ1n) is 3.07. The molecule has 0 aromatic carbocycles. The van der Waals surface area contributed by atoms with Gasteiger partial charge in [-0.1, -0.05) is 5.92 Å². The minimum atomic E-state index is -0.284. The van der Waals surface area contributed by atoms with E-state index < -0.39 is 0 Å². The third-order valence-corrected chi connectivity index (χ3v) is 1.16. The molecule has 0 aromatic heterocycles. The second-order valence-corrected chi connectivity index (χ2v) is 2.20. The van der Waals surface area contributed by atoms with Crippen molar-refractivity contribution in [3.05, 3.63) is 0 Å². The van der Waals surface area contributed by atoms with Gasteiger partial charge in [0.15, 0.2) is 0 Å². The predicted octanol–water partition coefficient (Wildman–Crippen LogP) is 0.962. The van der Waals surface area contributed by atoms with Gasteiger partial charge < -0.3 is 9.47 Å². The summed E-state index contributed by atoms with van der Waals surface area (Å²) in [7, 11) is 0. The molecule has 4 heteroatoms. The summed E-state index contributed by atoms with van der Waals surface area (Å²) in [4.78, 5) is 10.2. The summed E-state index contributed by atoms with van der Waals surface area (Å²) in [5.74, 6) is 2.43. The average Bonchev–Trinajstić information content (AvgIpc) is 1.96. The molecule has 0 aliphatic heterocycles. The molecule has 0 radical (unpaired) electrons. The Morgan fingerprint density at radius 2 is 2.27 bits per heavy atom. The first-order chi connectivity index (χ1) is 5.27. The van der Waals surface area contributed by atoms with Crippen LogP contribution < -0.4 is 0 Å². The Kier molecular flexibility index (Phi) is 7.62. The Morgan fingerprint density at radius 3 is 2.82 bits per heavy atom. The van der Waals surface area contributed by atoms with Gasteiger partial charge >= 0.3 is 5.97 Å². The molecule has 0 saturated heterocycles. The Hall–Kier alpha value is -0.280. The van der Waals surface area contributed by atoms with Gasteiger partial charge in [0, 0.05) is 29.5 Å². The number of hydrogen-bond acceptors (Lipinski definition) is 3. The molecule has 0 aliphatic carbocycles. The van der Waals surface area contributed by atoms with Crippen LogP contribution in [0, 0.1) is 9.85 Å². The zero-order chi connectivity index (χ0) is 8.53. The third kappa shape index (κ3) is 9.72. The van der Waals surface area contributed by atoms with Gasteiger partial charge in [0.25, 0.3) is 0 Å². The van der Waals surface area contributed by atoms with Gasteiger partial charge in [0.1, 0.15) is 13.2 Å². The second-order valence-electron chi connectivity index (χ2n) is 1.66. The molecule has 11 heavy (non-hydrogen) atoms. The van der Waals surface area contributed by atoms with E-state index in [0.717, 1.165) is 0 Å². The summed E-state index contributed by atoms with van der Waals surface area (Å²) in [5.41, 5.74) is 0. The number of hydrogen-bond donors (Lipinski definition) is 0. The van der Waals surface area contributed by atoms with Gasteiger partial charge in [-0.3, -0.25) is 4.79 Å². The number of carbonyl (C=O) groups is 1. The normalized spacial score (nSPS) is 8.18. The van der Waals surface area contributed by atoms with E-state index in [4.69, 9.17) is 4.74 Å². The van der Waals surface area contributed by atoms with Crippen molar-refractivity contribution in [3.63, 3.8) is 0 Å². The summed E-state index contributed by atoms with van der Waals surface area (Å²) in [5, 5.41) is 0. The topological polar surface area (TPSA) is 35.5 Å². The first-order valence-corrected chi connectivity index (χ1v) is 4.15. The molecule has 0 aromatic rings. The Morgan fingerprint density at radius 1 is 1.55 bits per heavy atom. The molecule has 0 N–H and O–H groups in total. The predicted molar refractivity (Wildman–Crippen MR) is 49.2 cm³/mol. The Labute approximate surface area is 79.6 Å². The maximum Gasteiger partial charge on any atom is 0.302 e. The van der Waals surface area contributed by atoms with Crippen molar-refractivity contribution in [2.45, 2.75) is 6.92 Å². The van der Waals surface area contributed by atoms with E-state index in [1.54, 1.807) is 0 Å². The van der Waals surface area contributed by atoms with E-state index >= 15 is 0 Å². The van der Waals surface area contributed by atoms with Crippen LogP contribution in [0.5, 0.6) is 0 Å². The molecule has 0 aliphatic rings. The van der Waals surface area contributed by atoms with Crippen molar-refractivity contribution in [1.82, 2.24) is 0 Å². The minimum absolute atomic E-state index is 0.284. The highest BCUT2D eigenvalue weighted by Crippen LogP contribution is 1.79. The van der Waals surface area contributed by atoms with Gasteiger partial charge in [-0.2, -0.15) is 0 Å². The van der Waals surface area contributed by atoms with E-state index in [1.807, 2.05) is 22.6 Å². The molecule has 0 saturated carbocycles. The largest absolute Gasteiger partial charge is 0.463 e. The van der Waals surface area contributed by atoms with Crippen LogP contribution in [-0.2, 0) is 14.3 Å². The van der Waals surface area contributed by atoms with Crippen LogP contribution in [-0.4, -0.2) is 25.8 Å². The third-order valence-electron chi connectivity index (χ3n) is 0.774. The summed E-state index contributed by atoms with van der Waals surface area (Å²) in [6.45, 7) is 2.47. The van der Waals surface area contributed by atoms with Gasteiger partial charge in [0.05, 0.1) is 6.61 Å². The molecule has 0 spiro atoms. The number of esters is 1. The lowest BCUT2D eigenvalue weighted by molar-refractivity contribution is -0.142. The van der Waals surface area contributed by atoms with E-state index in [1.165, 1.54) is 6.92 Å². The minimum Gasteiger partial charge on any atom is -0.463 e. The monoisotopic (exact) mass is 268 g/mol. The van der Waals surface area contributed by atoms with Gasteiger partial charge in [-0.25, -0.2) is 0 Å². The molecule has 0 fully saturated rings. The van der Waals surface area contributed by atoms with Crippen LogP contribution in [0.1, 0.15) is 6.92 Å². The van der Waals surface area contributed by atoms with Crippen LogP contribution in [0.4, 0.5) is 0 Å². The Balaban J connectivity index is 3.00. The van der Waals surface area contributed by atoms with Gasteiger partial charge in [0.2, 0.25) is 0 Å². The molecular weight excluding hydrogens is 259 g/mol. The summed E-state index contributed by atoms with van der Waals surface area (Å²) in [6.07, 6.45) is 0. The lowest BCUT2D eigenvalue weighted by Gasteiger charge is -1.99. The number of halogens is 1. The SMILES string of the molecule is CC(=O)OCCOCC#CI. The summed E-state index contributed by atoms with van der Waals surface area (Å²) >= 11 is 1.93. The summed E-state index contributed by atoms with van der Waals surface area (Å²) in [6, 6.07) is 0. The van der Waals surface area contributed by atoms with Crippen LogP contribution in [0.25, 0.3) is 0 Å². The first kappa shape index (κ1) is 10.7. The van der Waals surface area contributed by atoms with Crippen molar-refractivity contribution in [2.75, 3.05) is 19.8 Å². The van der Waals surface area contributed by atoms with Crippen LogP contribution in [0.3, 0.4) is 0 Å². The highest BCUT2D eigenvalue weighted by atomic mass is 127. The standard InChI is InChI=1S/C7H9IO3/c1-7(9)11-6-5-10-4-2-3-8/h4-6H2,1H3. The zero-order valence-corrected chi connectivity index (χ0v) is 8.38. The van der Waals surface area contributed by atoms with Crippen molar-refractivity contribution in [1.29, 1.82) is 0 Å². The van der Waals surface area contributed by atoms with Crippen molar-refractivity contribution >= 4 is 28.6 Å². The van der Waals surface area contributed by atoms with Crippen molar-refractivity contribution in [2.24, 2.45) is 0 Å². The van der Waals surface area contributed by atoms with Gasteiger partial charge in [-0.05, 0) is 3.93 Å². The van der Waals surface area contributed by atoms with E-state index in [2.05, 4.69) is 14.6 Å². The maximum atomic E-state index is 10.2. The second kappa shape index (κ2) is 7.82. The molecule has 3 nitrogen and oxygen atoms in total. The van der Waals surface area contributed by atoms with E-state index in [9.17, 15) is 4.79 Å². The molecule has 0 rings (SSSR count). The quantitative estimate of drug-likeness (QED) is 0.330. The fourth-order valence-corrected chi connectivity index (χ4v) is 0.551. The smallest absolute Gasteiger partial charge is 0.302 e. The molecule has 0 bridgehead atoms. The number of ether oxygens (including phenoxy) is 2. The van der Waals surface area contributed by atoms with E-state index in [-0.39, 0.29) is 5.97 Å². The van der Waals surface area contributed by atoms with Crippen LogP contribution in [0.15, 0.2) is 0 Å². The molecular formula is C7H9IO3. The maximum absolute atomic E-state index is 10.2. The summed E-state index contributed by atoms with van der Waals surface area (Å²) < 4.78 is 12.2. The number of carbonyl (C=O) groups excluding carboxylic acids is 1. The highest BCUT2D eigenvalue weighted by molar-refractivity contribution is 14.1. The van der Waals surface area contributed by atoms with Crippen LogP contribution >= 0.6 is 22.6 Å². The number of rotatable bonds is 4. The average molecular weight is 268 g/mol. The fraction of sp³-hybridized carbons (Fsp3) is 0.571. The van der Waals surface area contributed by atoms with Crippen molar-refractivity contribution < 1.29 is 14.3 Å². The molecule has 62 valence electrons. The van der Waals surface area contributed by atoms with Gasteiger partial charge in [-0.15, -0.1) is 0 Å².